The first kappa shape index (κ1) is 16.0. The van der Waals surface area contributed by atoms with E-state index in [-0.39, 0.29) is 12.5 Å². The summed E-state index contributed by atoms with van der Waals surface area (Å²) >= 11 is 0. The van der Waals surface area contributed by atoms with Crippen molar-refractivity contribution in [3.63, 3.8) is 0 Å². The molecule has 1 amide bonds. The molecule has 0 saturated carbocycles. The Morgan fingerprint density at radius 2 is 1.79 bits per heavy atom. The second-order valence-electron chi connectivity index (χ2n) is 6.06. The molecule has 4 heteroatoms. The number of fused-ring (bicyclic) bond motifs is 1. The molecule has 0 aliphatic carbocycles. The summed E-state index contributed by atoms with van der Waals surface area (Å²) in [5, 5.41) is 7.07. The lowest BCUT2D eigenvalue weighted by Crippen LogP contribution is -2.22. The number of carbonyl (C=O) groups excluding carboxylic acids is 1. The highest BCUT2D eigenvalue weighted by atomic mass is 16.1. The highest BCUT2D eigenvalue weighted by Crippen LogP contribution is 2.20. The first-order chi connectivity index (χ1) is 11.6. The van der Waals surface area contributed by atoms with Gasteiger partial charge in [-0.25, -0.2) is 0 Å². The Labute approximate surface area is 141 Å². The molecule has 24 heavy (non-hydrogen) atoms. The number of anilines is 2. The summed E-state index contributed by atoms with van der Waals surface area (Å²) in [6.07, 6.45) is 1.73. The molecular formula is C20H21N3O. The molecule has 122 valence electrons. The Morgan fingerprint density at radius 1 is 1.04 bits per heavy atom. The predicted molar refractivity (Wildman–Crippen MR) is 99.4 cm³/mol. The maximum absolute atomic E-state index is 12.2. The fourth-order valence-electron chi connectivity index (χ4n) is 2.57. The van der Waals surface area contributed by atoms with Crippen molar-refractivity contribution in [3.8, 4) is 0 Å². The zero-order chi connectivity index (χ0) is 16.9. The van der Waals surface area contributed by atoms with Crippen molar-refractivity contribution in [2.45, 2.75) is 19.8 Å². The van der Waals surface area contributed by atoms with Gasteiger partial charge in [-0.1, -0.05) is 44.2 Å². The Kier molecular flexibility index (Phi) is 4.75. The van der Waals surface area contributed by atoms with E-state index in [0.717, 1.165) is 22.3 Å². The van der Waals surface area contributed by atoms with Gasteiger partial charge in [-0.15, -0.1) is 0 Å². The van der Waals surface area contributed by atoms with E-state index in [1.165, 1.54) is 5.56 Å². The molecule has 3 rings (SSSR count). The number of para-hydroxylation sites is 1. The molecule has 1 aromatic heterocycles. The summed E-state index contributed by atoms with van der Waals surface area (Å²) in [7, 11) is 0. The first-order valence-corrected chi connectivity index (χ1v) is 8.11. The minimum atomic E-state index is -0.0962. The summed E-state index contributed by atoms with van der Waals surface area (Å²) in [5.41, 5.74) is 3.75. The van der Waals surface area contributed by atoms with Crippen molar-refractivity contribution in [2.24, 2.45) is 0 Å². The van der Waals surface area contributed by atoms with Crippen molar-refractivity contribution in [3.05, 3.63) is 66.4 Å². The van der Waals surface area contributed by atoms with Crippen molar-refractivity contribution < 1.29 is 4.79 Å². The summed E-state index contributed by atoms with van der Waals surface area (Å²) in [6, 6.07) is 17.8. The van der Waals surface area contributed by atoms with Crippen LogP contribution in [0.4, 0.5) is 11.4 Å². The van der Waals surface area contributed by atoms with Crippen LogP contribution in [0, 0.1) is 0 Å². The molecule has 0 spiro atoms. The maximum atomic E-state index is 12.2. The summed E-state index contributed by atoms with van der Waals surface area (Å²) in [6.45, 7) is 4.53. The minimum absolute atomic E-state index is 0.0962. The van der Waals surface area contributed by atoms with E-state index >= 15 is 0 Å². The van der Waals surface area contributed by atoms with E-state index in [1.807, 2.05) is 42.5 Å². The third-order valence-electron chi connectivity index (χ3n) is 3.94. The Hall–Kier alpha value is -2.88. The van der Waals surface area contributed by atoms with Gasteiger partial charge in [-0.3, -0.25) is 9.78 Å². The Morgan fingerprint density at radius 3 is 2.54 bits per heavy atom. The first-order valence-electron chi connectivity index (χ1n) is 8.11. The van der Waals surface area contributed by atoms with Crippen molar-refractivity contribution in [1.29, 1.82) is 0 Å². The molecule has 0 saturated heterocycles. The number of aromatic nitrogens is 1. The van der Waals surface area contributed by atoms with E-state index in [9.17, 15) is 4.79 Å². The second-order valence-corrected chi connectivity index (χ2v) is 6.06. The second kappa shape index (κ2) is 7.13. The topological polar surface area (TPSA) is 54.0 Å². The number of carbonyl (C=O) groups is 1. The van der Waals surface area contributed by atoms with Crippen LogP contribution in [0.25, 0.3) is 10.9 Å². The van der Waals surface area contributed by atoms with Gasteiger partial charge in [0.1, 0.15) is 0 Å². The third kappa shape index (κ3) is 3.71. The van der Waals surface area contributed by atoms with E-state index in [0.29, 0.717) is 5.92 Å². The van der Waals surface area contributed by atoms with Crippen LogP contribution < -0.4 is 10.6 Å². The number of nitrogens with one attached hydrogen (secondary N) is 2. The van der Waals surface area contributed by atoms with Crippen molar-refractivity contribution >= 4 is 28.2 Å². The van der Waals surface area contributed by atoms with Gasteiger partial charge in [0, 0.05) is 17.3 Å². The fraction of sp³-hybridized carbons (Fsp3) is 0.200. The van der Waals surface area contributed by atoms with Crippen LogP contribution >= 0.6 is 0 Å². The molecule has 0 fully saturated rings. The van der Waals surface area contributed by atoms with Gasteiger partial charge in [-0.05, 0) is 35.7 Å². The van der Waals surface area contributed by atoms with E-state index in [2.05, 4.69) is 41.6 Å². The average molecular weight is 319 g/mol. The van der Waals surface area contributed by atoms with E-state index in [4.69, 9.17) is 0 Å². The Bertz CT molecular complexity index is 836. The van der Waals surface area contributed by atoms with Gasteiger partial charge in [0.05, 0.1) is 17.7 Å². The average Bonchev–Trinajstić information content (AvgIpc) is 2.61. The number of nitrogens with zero attached hydrogens (tertiary/aromatic N) is 1. The highest BCUT2D eigenvalue weighted by Gasteiger charge is 2.06. The van der Waals surface area contributed by atoms with Crippen LogP contribution in [-0.4, -0.2) is 17.4 Å². The lowest BCUT2D eigenvalue weighted by Gasteiger charge is -2.11. The van der Waals surface area contributed by atoms with Gasteiger partial charge < -0.3 is 10.6 Å². The standard InChI is InChI=1S/C20H21N3O/c1-14(2)15-8-10-17(11-9-15)22-13-19(24)23-18-7-3-5-16-6-4-12-21-20(16)18/h3-12,14,22H,13H2,1-2H3,(H,23,24). The lowest BCUT2D eigenvalue weighted by molar-refractivity contribution is -0.114. The molecule has 2 N–H and O–H groups in total. The number of amides is 1. The van der Waals surface area contributed by atoms with Gasteiger partial charge >= 0.3 is 0 Å². The van der Waals surface area contributed by atoms with Crippen LogP contribution in [0.3, 0.4) is 0 Å². The molecular weight excluding hydrogens is 298 g/mol. The zero-order valence-electron chi connectivity index (χ0n) is 13.9. The quantitative estimate of drug-likeness (QED) is 0.732. The van der Waals surface area contributed by atoms with Gasteiger partial charge in [0.2, 0.25) is 5.91 Å². The monoisotopic (exact) mass is 319 g/mol. The number of hydrogen-bond acceptors (Lipinski definition) is 3. The smallest absolute Gasteiger partial charge is 0.243 e. The fourth-order valence-corrected chi connectivity index (χ4v) is 2.57. The van der Waals surface area contributed by atoms with Gasteiger partial charge in [0.15, 0.2) is 0 Å². The molecule has 0 unspecified atom stereocenters. The molecule has 1 heterocycles. The third-order valence-corrected chi connectivity index (χ3v) is 3.94. The summed E-state index contributed by atoms with van der Waals surface area (Å²) in [5.74, 6) is 0.405. The maximum Gasteiger partial charge on any atom is 0.243 e. The predicted octanol–water partition coefficient (Wildman–Crippen LogP) is 4.41. The zero-order valence-corrected chi connectivity index (χ0v) is 13.9. The van der Waals surface area contributed by atoms with E-state index in [1.54, 1.807) is 6.20 Å². The SMILES string of the molecule is CC(C)c1ccc(NCC(=O)Nc2cccc3cccnc23)cc1. The van der Waals surface area contributed by atoms with Crippen molar-refractivity contribution in [1.82, 2.24) is 4.98 Å². The number of hydrogen-bond donors (Lipinski definition) is 2. The molecule has 0 bridgehead atoms. The van der Waals surface area contributed by atoms with Gasteiger partial charge in [0.25, 0.3) is 0 Å². The van der Waals surface area contributed by atoms with Crippen LogP contribution in [0.5, 0.6) is 0 Å². The Balaban J connectivity index is 1.63. The number of pyridine rings is 1. The largest absolute Gasteiger partial charge is 0.376 e. The highest BCUT2D eigenvalue weighted by molar-refractivity contribution is 6.01. The van der Waals surface area contributed by atoms with Crippen LogP contribution in [0.15, 0.2) is 60.8 Å². The molecule has 0 aliphatic rings. The van der Waals surface area contributed by atoms with Crippen molar-refractivity contribution in [2.75, 3.05) is 17.2 Å². The normalized spacial score (nSPS) is 10.8. The number of benzene rings is 2. The van der Waals surface area contributed by atoms with E-state index < -0.39 is 0 Å². The molecule has 0 aliphatic heterocycles. The molecule has 4 nitrogen and oxygen atoms in total. The molecule has 0 radical (unpaired) electrons. The number of rotatable bonds is 5. The van der Waals surface area contributed by atoms with Crippen LogP contribution in [-0.2, 0) is 4.79 Å². The van der Waals surface area contributed by atoms with Crippen LogP contribution in [0.2, 0.25) is 0 Å². The molecule has 3 aromatic rings. The summed E-state index contributed by atoms with van der Waals surface area (Å²) < 4.78 is 0. The summed E-state index contributed by atoms with van der Waals surface area (Å²) in [4.78, 5) is 16.5. The molecule has 2 aromatic carbocycles. The minimum Gasteiger partial charge on any atom is -0.376 e. The molecule has 0 atom stereocenters. The van der Waals surface area contributed by atoms with Crippen LogP contribution in [0.1, 0.15) is 25.3 Å². The van der Waals surface area contributed by atoms with Gasteiger partial charge in [-0.2, -0.15) is 0 Å². The lowest BCUT2D eigenvalue weighted by atomic mass is 10.0.